The lowest BCUT2D eigenvalue weighted by molar-refractivity contribution is -0.385. The number of benzene rings is 2. The summed E-state index contributed by atoms with van der Waals surface area (Å²) in [5, 5.41) is 11.1. The predicted octanol–water partition coefficient (Wildman–Crippen LogP) is 3.47. The summed E-state index contributed by atoms with van der Waals surface area (Å²) in [4.78, 5) is 36.5. The van der Waals surface area contributed by atoms with E-state index >= 15 is 0 Å². The highest BCUT2D eigenvalue weighted by atomic mass is 79.9. The summed E-state index contributed by atoms with van der Waals surface area (Å²) in [6, 6.07) is 9.25. The first kappa shape index (κ1) is 14.4. The van der Waals surface area contributed by atoms with Crippen molar-refractivity contribution < 1.29 is 14.5 Å². The summed E-state index contributed by atoms with van der Waals surface area (Å²) in [5.74, 6) is -1.22. The minimum atomic E-state index is -0.673. The largest absolute Gasteiger partial charge is 0.283 e. The highest BCUT2D eigenvalue weighted by molar-refractivity contribution is 9.10. The monoisotopic (exact) mass is 360 g/mol. The van der Waals surface area contributed by atoms with Gasteiger partial charge in [0.05, 0.1) is 16.2 Å². The SMILES string of the molecule is Cc1ccc(Br)cc1N1C(=O)c2cccc([N+](=O)[O-])c2C1=O. The first-order valence-corrected chi connectivity index (χ1v) is 7.13. The molecule has 6 nitrogen and oxygen atoms in total. The third kappa shape index (κ3) is 2.01. The summed E-state index contributed by atoms with van der Waals surface area (Å²) in [7, 11) is 0. The fourth-order valence-corrected chi connectivity index (χ4v) is 2.81. The van der Waals surface area contributed by atoms with E-state index in [0.717, 1.165) is 10.5 Å². The molecule has 1 aliphatic rings. The van der Waals surface area contributed by atoms with Crippen LogP contribution in [0.2, 0.25) is 0 Å². The van der Waals surface area contributed by atoms with Crippen LogP contribution in [0.5, 0.6) is 0 Å². The third-order valence-corrected chi connectivity index (χ3v) is 3.99. The summed E-state index contributed by atoms with van der Waals surface area (Å²) in [5.41, 5.74) is 0.677. The number of nitrogens with zero attached hydrogens (tertiary/aromatic N) is 2. The molecule has 0 atom stereocenters. The Morgan fingerprint density at radius 2 is 1.86 bits per heavy atom. The minimum absolute atomic E-state index is 0.0542. The number of fused-ring (bicyclic) bond motifs is 1. The van der Waals surface area contributed by atoms with Crippen LogP contribution in [0.4, 0.5) is 11.4 Å². The van der Waals surface area contributed by atoms with Gasteiger partial charge in [0.1, 0.15) is 5.56 Å². The van der Waals surface area contributed by atoms with Crippen LogP contribution < -0.4 is 4.90 Å². The van der Waals surface area contributed by atoms with Crippen molar-refractivity contribution in [3.63, 3.8) is 0 Å². The Labute approximate surface area is 133 Å². The number of imide groups is 1. The molecular formula is C15H9BrN2O4. The molecule has 1 aliphatic heterocycles. The molecule has 3 rings (SSSR count). The zero-order valence-corrected chi connectivity index (χ0v) is 13.0. The highest BCUT2D eigenvalue weighted by Gasteiger charge is 2.42. The maximum absolute atomic E-state index is 12.6. The van der Waals surface area contributed by atoms with Crippen molar-refractivity contribution in [3.05, 3.63) is 67.7 Å². The maximum atomic E-state index is 12.6. The van der Waals surface area contributed by atoms with Crippen LogP contribution in [0.3, 0.4) is 0 Å². The normalized spacial score (nSPS) is 13.5. The molecule has 0 N–H and O–H groups in total. The molecule has 0 aromatic heterocycles. The van der Waals surface area contributed by atoms with E-state index < -0.39 is 16.7 Å². The highest BCUT2D eigenvalue weighted by Crippen LogP contribution is 2.36. The molecule has 7 heteroatoms. The van der Waals surface area contributed by atoms with E-state index in [2.05, 4.69) is 15.9 Å². The molecule has 0 spiro atoms. The number of hydrogen-bond donors (Lipinski definition) is 0. The molecule has 0 aliphatic carbocycles. The maximum Gasteiger partial charge on any atom is 0.283 e. The molecule has 0 fully saturated rings. The summed E-state index contributed by atoms with van der Waals surface area (Å²) in [6.07, 6.45) is 0. The van der Waals surface area contributed by atoms with Crippen molar-refractivity contribution in [2.75, 3.05) is 4.90 Å². The average molecular weight is 361 g/mol. The molecule has 2 amide bonds. The van der Waals surface area contributed by atoms with Gasteiger partial charge in [-0.15, -0.1) is 0 Å². The van der Waals surface area contributed by atoms with Gasteiger partial charge in [-0.3, -0.25) is 19.7 Å². The first-order valence-electron chi connectivity index (χ1n) is 6.34. The second kappa shape index (κ2) is 5.03. The minimum Gasteiger partial charge on any atom is -0.268 e. The smallest absolute Gasteiger partial charge is 0.268 e. The number of anilines is 1. The second-order valence-electron chi connectivity index (χ2n) is 4.83. The lowest BCUT2D eigenvalue weighted by Crippen LogP contribution is -2.30. The molecular weight excluding hydrogens is 352 g/mol. The van der Waals surface area contributed by atoms with Crippen LogP contribution in [-0.4, -0.2) is 16.7 Å². The Kier molecular flexibility index (Phi) is 3.29. The van der Waals surface area contributed by atoms with Gasteiger partial charge in [0.2, 0.25) is 0 Å². The van der Waals surface area contributed by atoms with Crippen LogP contribution in [0.15, 0.2) is 40.9 Å². The van der Waals surface area contributed by atoms with Crippen LogP contribution in [0, 0.1) is 17.0 Å². The number of nitro benzene ring substituents is 1. The van der Waals surface area contributed by atoms with Gasteiger partial charge in [-0.25, -0.2) is 4.90 Å². The lowest BCUT2D eigenvalue weighted by atomic mass is 10.1. The van der Waals surface area contributed by atoms with Gasteiger partial charge in [0.15, 0.2) is 0 Å². The predicted molar refractivity (Wildman–Crippen MR) is 83.1 cm³/mol. The topological polar surface area (TPSA) is 80.5 Å². The molecule has 0 saturated carbocycles. The molecule has 0 unspecified atom stereocenters. The number of halogens is 1. The number of carbonyl (C=O) groups is 2. The fourth-order valence-electron chi connectivity index (χ4n) is 2.46. The Balaban J connectivity index is 2.21. The Hall–Kier alpha value is -2.54. The number of rotatable bonds is 2. The van der Waals surface area contributed by atoms with Gasteiger partial charge < -0.3 is 0 Å². The quantitative estimate of drug-likeness (QED) is 0.466. The Bertz CT molecular complexity index is 847. The lowest BCUT2D eigenvalue weighted by Gasteiger charge is -2.16. The summed E-state index contributed by atoms with van der Waals surface area (Å²) < 4.78 is 0.708. The molecule has 2 aromatic carbocycles. The van der Waals surface area contributed by atoms with Crippen molar-refractivity contribution in [2.45, 2.75) is 6.92 Å². The fraction of sp³-hybridized carbons (Fsp3) is 0.0667. The van der Waals surface area contributed by atoms with Gasteiger partial charge in [0.25, 0.3) is 17.5 Å². The Morgan fingerprint density at radius 3 is 2.55 bits per heavy atom. The van der Waals surface area contributed by atoms with Gasteiger partial charge in [-0.05, 0) is 30.7 Å². The zero-order valence-electron chi connectivity index (χ0n) is 11.4. The number of aryl methyl sites for hydroxylation is 1. The first-order chi connectivity index (χ1) is 10.4. The Morgan fingerprint density at radius 1 is 1.14 bits per heavy atom. The molecule has 110 valence electrons. The number of amides is 2. The van der Waals surface area contributed by atoms with Crippen LogP contribution in [0.1, 0.15) is 26.3 Å². The third-order valence-electron chi connectivity index (χ3n) is 3.50. The summed E-state index contributed by atoms with van der Waals surface area (Å²) >= 11 is 3.30. The van der Waals surface area contributed by atoms with E-state index in [-0.39, 0.29) is 16.8 Å². The summed E-state index contributed by atoms with van der Waals surface area (Å²) in [6.45, 7) is 1.76. The van der Waals surface area contributed by atoms with Gasteiger partial charge >= 0.3 is 0 Å². The number of carbonyl (C=O) groups excluding carboxylic acids is 2. The van der Waals surface area contributed by atoms with Gasteiger partial charge in [-0.1, -0.05) is 28.1 Å². The molecule has 0 saturated heterocycles. The van der Waals surface area contributed by atoms with E-state index in [0.29, 0.717) is 10.2 Å². The zero-order chi connectivity index (χ0) is 16.0. The standard InChI is InChI=1S/C15H9BrN2O4/c1-8-5-6-9(16)7-12(8)17-14(19)10-3-2-4-11(18(21)22)13(10)15(17)20/h2-7H,1H3. The molecule has 1 heterocycles. The molecule has 0 bridgehead atoms. The van der Waals surface area contributed by atoms with Crippen molar-refractivity contribution >= 4 is 39.1 Å². The second-order valence-corrected chi connectivity index (χ2v) is 5.75. The van der Waals surface area contributed by atoms with Crippen LogP contribution >= 0.6 is 15.9 Å². The van der Waals surface area contributed by atoms with Crippen LogP contribution in [-0.2, 0) is 0 Å². The van der Waals surface area contributed by atoms with Gasteiger partial charge in [0, 0.05) is 10.5 Å². The van der Waals surface area contributed by atoms with Crippen molar-refractivity contribution in [3.8, 4) is 0 Å². The van der Waals surface area contributed by atoms with Crippen molar-refractivity contribution in [1.29, 1.82) is 0 Å². The van der Waals surface area contributed by atoms with Crippen LogP contribution in [0.25, 0.3) is 0 Å². The number of hydrogen-bond acceptors (Lipinski definition) is 4. The van der Waals surface area contributed by atoms with Crippen molar-refractivity contribution in [1.82, 2.24) is 0 Å². The van der Waals surface area contributed by atoms with E-state index in [1.165, 1.54) is 18.2 Å². The van der Waals surface area contributed by atoms with E-state index in [9.17, 15) is 19.7 Å². The van der Waals surface area contributed by atoms with Gasteiger partial charge in [-0.2, -0.15) is 0 Å². The molecule has 0 radical (unpaired) electrons. The van der Waals surface area contributed by atoms with E-state index in [1.807, 2.05) is 0 Å². The number of nitro groups is 1. The molecule has 22 heavy (non-hydrogen) atoms. The van der Waals surface area contributed by atoms with E-state index in [4.69, 9.17) is 0 Å². The molecule has 2 aromatic rings. The van der Waals surface area contributed by atoms with Crippen molar-refractivity contribution in [2.24, 2.45) is 0 Å². The average Bonchev–Trinajstić information content (AvgIpc) is 2.74. The van der Waals surface area contributed by atoms with E-state index in [1.54, 1.807) is 25.1 Å².